The second-order valence-electron chi connectivity index (χ2n) is 7.58. The van der Waals surface area contributed by atoms with E-state index in [1.54, 1.807) is 11.3 Å². The lowest BCUT2D eigenvalue weighted by Gasteiger charge is -2.34. The van der Waals surface area contributed by atoms with Crippen molar-refractivity contribution < 1.29 is 9.53 Å². The summed E-state index contributed by atoms with van der Waals surface area (Å²) in [4.78, 5) is 21.6. The molecule has 4 heterocycles. The van der Waals surface area contributed by atoms with Crippen LogP contribution in [0.25, 0.3) is 0 Å². The molecule has 4 rings (SSSR count). The van der Waals surface area contributed by atoms with E-state index in [0.717, 1.165) is 46.7 Å². The van der Waals surface area contributed by atoms with Crippen LogP contribution in [0.1, 0.15) is 42.3 Å². The van der Waals surface area contributed by atoms with Gasteiger partial charge in [-0.05, 0) is 51.4 Å². The summed E-state index contributed by atoms with van der Waals surface area (Å²) in [5.41, 5.74) is 2.65. The van der Waals surface area contributed by atoms with Crippen molar-refractivity contribution in [3.8, 4) is 0 Å². The Balaban J connectivity index is 1.43. The van der Waals surface area contributed by atoms with Gasteiger partial charge < -0.3 is 15.0 Å². The third kappa shape index (κ3) is 5.09. The minimum atomic E-state index is -0.215. The van der Waals surface area contributed by atoms with E-state index in [2.05, 4.69) is 32.3 Å². The maximum Gasteiger partial charge on any atom is 0.236 e. The van der Waals surface area contributed by atoms with Gasteiger partial charge in [-0.25, -0.2) is 0 Å². The van der Waals surface area contributed by atoms with Gasteiger partial charge in [-0.15, -0.1) is 10.2 Å². The van der Waals surface area contributed by atoms with Gasteiger partial charge in [0.2, 0.25) is 11.0 Å². The first-order chi connectivity index (χ1) is 14.1. The summed E-state index contributed by atoms with van der Waals surface area (Å²) in [5, 5.41) is 13.4. The summed E-state index contributed by atoms with van der Waals surface area (Å²) >= 11 is 1.55. The quantitative estimate of drug-likeness (QED) is 0.775. The number of morpholine rings is 1. The number of carbonyl (C=O) groups is 1. The molecule has 0 saturated carbocycles. The fourth-order valence-corrected chi connectivity index (χ4v) is 4.49. The van der Waals surface area contributed by atoms with E-state index in [9.17, 15) is 4.79 Å². The number of nitrogens with one attached hydrogen (secondary N) is 1. The van der Waals surface area contributed by atoms with Crippen LogP contribution in [-0.4, -0.2) is 70.2 Å². The van der Waals surface area contributed by atoms with Crippen LogP contribution in [0, 0.1) is 6.92 Å². The summed E-state index contributed by atoms with van der Waals surface area (Å²) in [5.74, 6) is 0.187. The van der Waals surface area contributed by atoms with Crippen LogP contribution >= 0.6 is 11.3 Å². The molecule has 1 atom stereocenters. The van der Waals surface area contributed by atoms with Gasteiger partial charge in [0.05, 0.1) is 25.4 Å². The molecule has 2 aliphatic heterocycles. The van der Waals surface area contributed by atoms with Crippen LogP contribution < -0.4 is 5.32 Å². The Morgan fingerprint density at radius 3 is 2.86 bits per heavy atom. The maximum absolute atomic E-state index is 12.7. The van der Waals surface area contributed by atoms with Crippen molar-refractivity contribution in [2.45, 2.75) is 39.2 Å². The summed E-state index contributed by atoms with van der Waals surface area (Å²) in [7, 11) is 0. The first-order valence-corrected chi connectivity index (χ1v) is 11.1. The van der Waals surface area contributed by atoms with Crippen molar-refractivity contribution in [2.24, 2.45) is 0 Å². The van der Waals surface area contributed by atoms with E-state index in [4.69, 9.17) is 4.74 Å². The van der Waals surface area contributed by atoms with Crippen LogP contribution in [-0.2, 0) is 16.0 Å². The Kier molecular flexibility index (Phi) is 6.37. The van der Waals surface area contributed by atoms with Crippen molar-refractivity contribution in [1.29, 1.82) is 0 Å². The monoisotopic (exact) mass is 416 g/mol. The summed E-state index contributed by atoms with van der Waals surface area (Å²) in [6, 6.07) is 3.97. The molecule has 2 aliphatic rings. The van der Waals surface area contributed by atoms with Crippen molar-refractivity contribution >= 4 is 28.1 Å². The zero-order valence-corrected chi connectivity index (χ0v) is 17.9. The predicted molar refractivity (Wildman–Crippen MR) is 112 cm³/mol. The molecule has 2 fully saturated rings. The third-order valence-corrected chi connectivity index (χ3v) is 6.28. The lowest BCUT2D eigenvalue weighted by atomic mass is 10.1. The van der Waals surface area contributed by atoms with Crippen LogP contribution in [0.15, 0.2) is 12.1 Å². The van der Waals surface area contributed by atoms with Crippen molar-refractivity contribution in [3.63, 3.8) is 0 Å². The normalized spacial score (nSPS) is 20.2. The molecule has 0 radical (unpaired) electrons. The standard InChI is InChI=1S/C20H28N6O2S/c1-3-18-23-24-20(29-18)22-15-10-14(2)21-16(11-15)17-12-26(8-9-28-17)19(27)13-25-6-4-5-7-25/h10-11,17H,3-9,12-13H2,1-2H3,(H,21,22,24)/t17-/m0/s1. The molecule has 2 aromatic heterocycles. The van der Waals surface area contributed by atoms with E-state index in [1.165, 1.54) is 12.8 Å². The zero-order chi connectivity index (χ0) is 20.2. The van der Waals surface area contributed by atoms with Crippen LogP contribution in [0.5, 0.6) is 0 Å². The topological polar surface area (TPSA) is 83.5 Å². The minimum Gasteiger partial charge on any atom is -0.368 e. The molecule has 2 saturated heterocycles. The van der Waals surface area contributed by atoms with E-state index in [1.807, 2.05) is 24.0 Å². The lowest BCUT2D eigenvalue weighted by Crippen LogP contribution is -2.46. The molecule has 29 heavy (non-hydrogen) atoms. The van der Waals surface area contributed by atoms with Gasteiger partial charge in [-0.2, -0.15) is 0 Å². The maximum atomic E-state index is 12.7. The number of anilines is 2. The number of aryl methyl sites for hydroxylation is 2. The van der Waals surface area contributed by atoms with Gasteiger partial charge in [-0.3, -0.25) is 14.7 Å². The van der Waals surface area contributed by atoms with Crippen molar-refractivity contribution in [1.82, 2.24) is 25.0 Å². The molecular weight excluding hydrogens is 388 g/mol. The lowest BCUT2D eigenvalue weighted by molar-refractivity contribution is -0.140. The summed E-state index contributed by atoms with van der Waals surface area (Å²) < 4.78 is 5.97. The molecule has 0 aliphatic carbocycles. The number of aromatic nitrogens is 3. The molecule has 8 nitrogen and oxygen atoms in total. The SMILES string of the molecule is CCc1nnc(Nc2cc(C)nc([C@@H]3CN(C(=O)CN4CCCC4)CCO3)c2)s1. The number of amides is 1. The average molecular weight is 417 g/mol. The second-order valence-corrected chi connectivity index (χ2v) is 8.65. The molecule has 0 bridgehead atoms. The van der Waals surface area contributed by atoms with Gasteiger partial charge in [0.25, 0.3) is 0 Å². The Hall–Kier alpha value is -2.10. The molecule has 0 unspecified atom stereocenters. The van der Waals surface area contributed by atoms with E-state index < -0.39 is 0 Å². The Labute approximate surface area is 175 Å². The fraction of sp³-hybridized carbons (Fsp3) is 0.600. The highest BCUT2D eigenvalue weighted by atomic mass is 32.1. The zero-order valence-electron chi connectivity index (χ0n) is 17.1. The third-order valence-electron chi connectivity index (χ3n) is 5.30. The Morgan fingerprint density at radius 1 is 1.28 bits per heavy atom. The molecule has 156 valence electrons. The first-order valence-electron chi connectivity index (χ1n) is 10.3. The van der Waals surface area contributed by atoms with Crippen LogP contribution in [0.2, 0.25) is 0 Å². The van der Waals surface area contributed by atoms with Gasteiger partial charge >= 0.3 is 0 Å². The van der Waals surface area contributed by atoms with E-state index >= 15 is 0 Å². The van der Waals surface area contributed by atoms with Crippen molar-refractivity contribution in [3.05, 3.63) is 28.5 Å². The highest BCUT2D eigenvalue weighted by Gasteiger charge is 2.28. The van der Waals surface area contributed by atoms with Gasteiger partial charge in [0.1, 0.15) is 11.1 Å². The molecule has 9 heteroatoms. The average Bonchev–Trinajstić information content (AvgIpc) is 3.39. The number of likely N-dealkylation sites (tertiary alicyclic amines) is 1. The molecule has 0 spiro atoms. The fourth-order valence-electron chi connectivity index (χ4n) is 3.79. The largest absolute Gasteiger partial charge is 0.368 e. The Bertz CT molecular complexity index is 851. The minimum absolute atomic E-state index is 0.187. The number of ether oxygens (including phenoxy) is 1. The molecular formula is C20H28N6O2S. The first kappa shape index (κ1) is 20.2. The Morgan fingerprint density at radius 2 is 2.10 bits per heavy atom. The summed E-state index contributed by atoms with van der Waals surface area (Å²) in [6.45, 7) is 8.31. The number of pyridine rings is 1. The predicted octanol–water partition coefficient (Wildman–Crippen LogP) is 2.54. The van der Waals surface area contributed by atoms with Crippen LogP contribution in [0.3, 0.4) is 0 Å². The highest BCUT2D eigenvalue weighted by Crippen LogP contribution is 2.27. The van der Waals surface area contributed by atoms with Crippen LogP contribution in [0.4, 0.5) is 10.8 Å². The number of carbonyl (C=O) groups excluding carboxylic acids is 1. The number of hydrogen-bond donors (Lipinski definition) is 1. The van der Waals surface area contributed by atoms with Gasteiger partial charge in [-0.1, -0.05) is 18.3 Å². The van der Waals surface area contributed by atoms with Gasteiger partial charge in [0.15, 0.2) is 0 Å². The second kappa shape index (κ2) is 9.15. The van der Waals surface area contributed by atoms with E-state index in [-0.39, 0.29) is 12.0 Å². The number of nitrogens with zero attached hydrogens (tertiary/aromatic N) is 5. The van der Waals surface area contributed by atoms with Crippen molar-refractivity contribution in [2.75, 3.05) is 44.6 Å². The molecule has 0 aromatic carbocycles. The molecule has 1 N–H and O–H groups in total. The smallest absolute Gasteiger partial charge is 0.236 e. The molecule has 2 aromatic rings. The van der Waals surface area contributed by atoms with Gasteiger partial charge in [0, 0.05) is 17.9 Å². The number of hydrogen-bond acceptors (Lipinski definition) is 8. The highest BCUT2D eigenvalue weighted by molar-refractivity contribution is 7.15. The summed E-state index contributed by atoms with van der Waals surface area (Å²) in [6.07, 6.45) is 3.04. The number of rotatable bonds is 6. The molecule has 1 amide bonds. The van der Waals surface area contributed by atoms with E-state index in [0.29, 0.717) is 26.2 Å².